The summed E-state index contributed by atoms with van der Waals surface area (Å²) in [4.78, 5) is 4.36. The summed E-state index contributed by atoms with van der Waals surface area (Å²) in [5.41, 5.74) is 1.02. The lowest BCUT2D eigenvalue weighted by Gasteiger charge is -1.99. The quantitative estimate of drug-likeness (QED) is 0.664. The van der Waals surface area contributed by atoms with Crippen molar-refractivity contribution < 1.29 is 0 Å². The molecule has 2 rings (SSSR count). The number of aromatic nitrogens is 1. The van der Waals surface area contributed by atoms with E-state index in [-0.39, 0.29) is 0 Å². The zero-order chi connectivity index (χ0) is 10.5. The van der Waals surface area contributed by atoms with Crippen LogP contribution in [0.1, 0.15) is 12.6 Å². The molecule has 1 aromatic carbocycles. The summed E-state index contributed by atoms with van der Waals surface area (Å²) in [5.74, 6) is 0. The predicted molar refractivity (Wildman–Crippen MR) is 65.6 cm³/mol. The molecular formula is C14H13N. The second kappa shape index (κ2) is 4.56. The number of benzene rings is 1. The second-order valence-electron chi connectivity index (χ2n) is 3.30. The van der Waals surface area contributed by atoms with Crippen LogP contribution in [0.4, 0.5) is 0 Å². The maximum absolute atomic E-state index is 4.36. The Bertz CT molecular complexity index is 504. The maximum Gasteiger partial charge on any atom is 0.0707 e. The van der Waals surface area contributed by atoms with Crippen molar-refractivity contribution in [2.75, 3.05) is 0 Å². The third-order valence-corrected chi connectivity index (χ3v) is 2.26. The average molecular weight is 195 g/mol. The van der Waals surface area contributed by atoms with Gasteiger partial charge in [-0.05, 0) is 24.5 Å². The van der Waals surface area contributed by atoms with Gasteiger partial charge in [0.2, 0.25) is 0 Å². The Morgan fingerprint density at radius 1 is 1.07 bits per heavy atom. The number of rotatable bonds is 2. The van der Waals surface area contributed by atoms with E-state index in [1.54, 1.807) is 0 Å². The van der Waals surface area contributed by atoms with Crippen molar-refractivity contribution in [1.82, 2.24) is 4.98 Å². The van der Waals surface area contributed by atoms with Gasteiger partial charge in [0.1, 0.15) is 0 Å². The van der Waals surface area contributed by atoms with Gasteiger partial charge in [-0.1, -0.05) is 42.5 Å². The predicted octanol–water partition coefficient (Wildman–Crippen LogP) is 3.82. The molecule has 0 aliphatic carbocycles. The minimum Gasteiger partial charge on any atom is -0.256 e. The van der Waals surface area contributed by atoms with E-state index >= 15 is 0 Å². The van der Waals surface area contributed by atoms with Crippen LogP contribution in [-0.4, -0.2) is 4.98 Å². The first kappa shape index (κ1) is 9.66. The van der Waals surface area contributed by atoms with Crippen LogP contribution in [0.3, 0.4) is 0 Å². The lowest BCUT2D eigenvalue weighted by atomic mass is 10.1. The highest BCUT2D eigenvalue weighted by molar-refractivity contribution is 5.88. The molecule has 0 N–H and O–H groups in total. The molecule has 0 amide bonds. The Labute approximate surface area is 89.8 Å². The molecule has 0 spiro atoms. The van der Waals surface area contributed by atoms with Crippen molar-refractivity contribution in [3.63, 3.8) is 0 Å². The van der Waals surface area contributed by atoms with Crippen LogP contribution in [0, 0.1) is 0 Å². The number of nitrogens with zero attached hydrogens (tertiary/aromatic N) is 1. The monoisotopic (exact) mass is 195 g/mol. The highest BCUT2D eigenvalue weighted by Crippen LogP contribution is 2.17. The van der Waals surface area contributed by atoms with Gasteiger partial charge in [-0.15, -0.1) is 0 Å². The van der Waals surface area contributed by atoms with E-state index < -0.39 is 0 Å². The standard InChI is InChI=1S/C14H13N/c1-2-3-4-9-14-13-8-6-5-7-12(13)10-11-15-14/h2-11H,1H3. The number of allylic oxidation sites excluding steroid dienone is 3. The van der Waals surface area contributed by atoms with E-state index in [0.29, 0.717) is 0 Å². The number of hydrogen-bond acceptors (Lipinski definition) is 1. The molecule has 0 saturated carbocycles. The van der Waals surface area contributed by atoms with E-state index in [1.807, 2.05) is 55.6 Å². The summed E-state index contributed by atoms with van der Waals surface area (Å²) in [6.45, 7) is 2.00. The molecule has 74 valence electrons. The van der Waals surface area contributed by atoms with Crippen molar-refractivity contribution in [2.45, 2.75) is 6.92 Å². The molecule has 1 heterocycles. The summed E-state index contributed by atoms with van der Waals surface area (Å²) in [6.07, 6.45) is 9.89. The molecule has 0 atom stereocenters. The third kappa shape index (κ3) is 2.13. The lowest BCUT2D eigenvalue weighted by Crippen LogP contribution is -1.82. The van der Waals surface area contributed by atoms with Crippen LogP contribution < -0.4 is 0 Å². The first-order chi connectivity index (χ1) is 7.42. The van der Waals surface area contributed by atoms with Crippen LogP contribution >= 0.6 is 0 Å². The first-order valence-electron chi connectivity index (χ1n) is 5.05. The fourth-order valence-electron chi connectivity index (χ4n) is 1.53. The Kier molecular flexibility index (Phi) is 2.93. The summed E-state index contributed by atoms with van der Waals surface area (Å²) in [5, 5.41) is 2.42. The Morgan fingerprint density at radius 2 is 1.93 bits per heavy atom. The van der Waals surface area contributed by atoms with Gasteiger partial charge in [0, 0.05) is 11.6 Å². The van der Waals surface area contributed by atoms with Gasteiger partial charge in [-0.2, -0.15) is 0 Å². The molecule has 0 aliphatic heterocycles. The van der Waals surface area contributed by atoms with E-state index in [9.17, 15) is 0 Å². The molecule has 1 aromatic heterocycles. The molecule has 0 saturated heterocycles. The van der Waals surface area contributed by atoms with Crippen molar-refractivity contribution >= 4 is 16.8 Å². The molecule has 0 radical (unpaired) electrons. The van der Waals surface area contributed by atoms with Gasteiger partial charge in [0.25, 0.3) is 0 Å². The molecule has 0 bridgehead atoms. The largest absolute Gasteiger partial charge is 0.256 e. The zero-order valence-corrected chi connectivity index (χ0v) is 8.72. The Morgan fingerprint density at radius 3 is 2.80 bits per heavy atom. The molecule has 0 aliphatic rings. The SMILES string of the molecule is CC=CC=Cc1nccc2ccccc12. The fourth-order valence-corrected chi connectivity index (χ4v) is 1.53. The molecular weight excluding hydrogens is 182 g/mol. The average Bonchev–Trinajstić information content (AvgIpc) is 2.30. The van der Waals surface area contributed by atoms with Gasteiger partial charge >= 0.3 is 0 Å². The molecule has 0 unspecified atom stereocenters. The highest BCUT2D eigenvalue weighted by atomic mass is 14.7. The van der Waals surface area contributed by atoms with E-state index in [4.69, 9.17) is 0 Å². The number of pyridine rings is 1. The molecule has 1 nitrogen and oxygen atoms in total. The topological polar surface area (TPSA) is 12.9 Å². The minimum absolute atomic E-state index is 1.02. The van der Waals surface area contributed by atoms with E-state index in [0.717, 1.165) is 5.69 Å². The van der Waals surface area contributed by atoms with Crippen LogP contribution in [0.25, 0.3) is 16.8 Å². The highest BCUT2D eigenvalue weighted by Gasteiger charge is 1.96. The third-order valence-electron chi connectivity index (χ3n) is 2.26. The van der Waals surface area contributed by atoms with Gasteiger partial charge in [-0.3, -0.25) is 4.98 Å². The van der Waals surface area contributed by atoms with Gasteiger partial charge < -0.3 is 0 Å². The smallest absolute Gasteiger partial charge is 0.0707 e. The van der Waals surface area contributed by atoms with E-state index in [2.05, 4.69) is 17.1 Å². The minimum atomic E-state index is 1.02. The maximum atomic E-state index is 4.36. The summed E-state index contributed by atoms with van der Waals surface area (Å²) >= 11 is 0. The molecule has 15 heavy (non-hydrogen) atoms. The van der Waals surface area contributed by atoms with Gasteiger partial charge in [0.05, 0.1) is 5.69 Å². The Hall–Kier alpha value is -1.89. The summed E-state index contributed by atoms with van der Waals surface area (Å²) in [6, 6.07) is 10.3. The van der Waals surface area contributed by atoms with Crippen LogP contribution in [0.2, 0.25) is 0 Å². The zero-order valence-electron chi connectivity index (χ0n) is 8.72. The van der Waals surface area contributed by atoms with Crippen molar-refractivity contribution in [2.24, 2.45) is 0 Å². The van der Waals surface area contributed by atoms with Crippen molar-refractivity contribution in [1.29, 1.82) is 0 Å². The van der Waals surface area contributed by atoms with E-state index in [1.165, 1.54) is 10.8 Å². The van der Waals surface area contributed by atoms with Gasteiger partial charge in [-0.25, -0.2) is 0 Å². The van der Waals surface area contributed by atoms with Gasteiger partial charge in [0.15, 0.2) is 0 Å². The van der Waals surface area contributed by atoms with Crippen LogP contribution in [0.15, 0.2) is 54.8 Å². The summed E-state index contributed by atoms with van der Waals surface area (Å²) in [7, 11) is 0. The molecule has 1 heteroatoms. The molecule has 2 aromatic rings. The number of hydrogen-bond donors (Lipinski definition) is 0. The van der Waals surface area contributed by atoms with Crippen molar-refractivity contribution in [3.05, 3.63) is 60.5 Å². The normalized spacial score (nSPS) is 11.8. The second-order valence-corrected chi connectivity index (χ2v) is 3.30. The van der Waals surface area contributed by atoms with Crippen LogP contribution in [-0.2, 0) is 0 Å². The van der Waals surface area contributed by atoms with Crippen molar-refractivity contribution in [3.8, 4) is 0 Å². The number of fused-ring (bicyclic) bond motifs is 1. The fraction of sp³-hybridized carbons (Fsp3) is 0.0714. The lowest BCUT2D eigenvalue weighted by molar-refractivity contribution is 1.33. The summed E-state index contributed by atoms with van der Waals surface area (Å²) < 4.78 is 0. The molecule has 0 fully saturated rings. The van der Waals surface area contributed by atoms with Crippen LogP contribution in [0.5, 0.6) is 0 Å². The Balaban J connectivity index is 2.51. The first-order valence-corrected chi connectivity index (χ1v) is 5.05.